The molecule has 1 aliphatic heterocycles. The van der Waals surface area contributed by atoms with Crippen molar-refractivity contribution in [2.75, 3.05) is 13.1 Å². The van der Waals surface area contributed by atoms with E-state index in [1.807, 2.05) is 24.8 Å². The Balaban J connectivity index is 1.53. The second kappa shape index (κ2) is 9.55. The fourth-order valence-electron chi connectivity index (χ4n) is 4.63. The predicted octanol–water partition coefficient (Wildman–Crippen LogP) is 3.62. The number of carbonyl (C=O) groups excluding carboxylic acids is 1. The molecule has 4 rings (SSSR count). The normalized spacial score (nSPS) is 15.8. The van der Waals surface area contributed by atoms with Crippen LogP contribution in [-0.2, 0) is 17.8 Å². The van der Waals surface area contributed by atoms with E-state index in [9.17, 15) is 14.4 Å². The van der Waals surface area contributed by atoms with Gasteiger partial charge in [0.2, 0.25) is 5.91 Å². The molecule has 1 atom stereocenters. The Hall–Kier alpha value is -3.15. The minimum Gasteiger partial charge on any atom is -0.341 e. The van der Waals surface area contributed by atoms with Crippen LogP contribution in [0.25, 0.3) is 10.9 Å². The number of rotatable bonds is 6. The highest BCUT2D eigenvalue weighted by Gasteiger charge is 2.25. The molecule has 0 spiro atoms. The lowest BCUT2D eigenvalue weighted by Gasteiger charge is -2.32. The molecular formula is C26H31N3O3. The molecule has 6 heteroatoms. The number of fused-ring (bicyclic) bond motifs is 1. The Labute approximate surface area is 188 Å². The zero-order chi connectivity index (χ0) is 22.7. The van der Waals surface area contributed by atoms with E-state index in [0.29, 0.717) is 36.3 Å². The van der Waals surface area contributed by atoms with Crippen molar-refractivity contribution in [2.24, 2.45) is 5.92 Å². The van der Waals surface area contributed by atoms with Gasteiger partial charge in [-0.05, 0) is 56.2 Å². The Morgan fingerprint density at radius 3 is 2.34 bits per heavy atom. The summed E-state index contributed by atoms with van der Waals surface area (Å²) < 4.78 is 2.77. The van der Waals surface area contributed by atoms with Crippen molar-refractivity contribution in [3.8, 4) is 0 Å². The van der Waals surface area contributed by atoms with Crippen LogP contribution in [0.2, 0.25) is 0 Å². The summed E-state index contributed by atoms with van der Waals surface area (Å²) in [5.74, 6) is 0.502. The van der Waals surface area contributed by atoms with Crippen molar-refractivity contribution in [1.82, 2.24) is 14.0 Å². The first-order valence-electron chi connectivity index (χ1n) is 11.5. The zero-order valence-corrected chi connectivity index (χ0v) is 18.9. The van der Waals surface area contributed by atoms with E-state index in [0.717, 1.165) is 19.3 Å². The average Bonchev–Trinajstić information content (AvgIpc) is 2.82. The molecule has 6 nitrogen and oxygen atoms in total. The number of carbonyl (C=O) groups is 1. The summed E-state index contributed by atoms with van der Waals surface area (Å²) in [6.07, 6.45) is 3.62. The summed E-state index contributed by atoms with van der Waals surface area (Å²) in [6.45, 7) is 5.17. The Morgan fingerprint density at radius 1 is 1.00 bits per heavy atom. The summed E-state index contributed by atoms with van der Waals surface area (Å²) in [4.78, 5) is 41.2. The summed E-state index contributed by atoms with van der Waals surface area (Å²) in [6, 6.07) is 17.3. The van der Waals surface area contributed by atoms with Crippen LogP contribution in [0.3, 0.4) is 0 Å². The lowest BCUT2D eigenvalue weighted by molar-refractivity contribution is -0.133. The molecule has 1 aliphatic rings. The molecule has 0 radical (unpaired) electrons. The van der Waals surface area contributed by atoms with Crippen LogP contribution < -0.4 is 11.2 Å². The van der Waals surface area contributed by atoms with Crippen LogP contribution in [0, 0.1) is 5.92 Å². The third-order valence-corrected chi connectivity index (χ3v) is 6.74. The van der Waals surface area contributed by atoms with Crippen LogP contribution in [0.5, 0.6) is 0 Å². The Kier molecular flexibility index (Phi) is 6.58. The lowest BCUT2D eigenvalue weighted by atomic mass is 9.90. The lowest BCUT2D eigenvalue weighted by Crippen LogP contribution is -2.46. The highest BCUT2D eigenvalue weighted by molar-refractivity contribution is 5.81. The molecule has 32 heavy (non-hydrogen) atoms. The van der Waals surface area contributed by atoms with Crippen LogP contribution in [0.4, 0.5) is 0 Å². The van der Waals surface area contributed by atoms with Crippen molar-refractivity contribution < 1.29 is 4.79 Å². The maximum atomic E-state index is 13.2. The quantitative estimate of drug-likeness (QED) is 0.597. The minimum atomic E-state index is -0.407. The summed E-state index contributed by atoms with van der Waals surface area (Å²) in [7, 11) is 0. The van der Waals surface area contributed by atoms with Crippen LogP contribution in [-0.4, -0.2) is 33.0 Å². The number of piperidine rings is 1. The van der Waals surface area contributed by atoms with Gasteiger partial charge in [-0.15, -0.1) is 0 Å². The van der Waals surface area contributed by atoms with Gasteiger partial charge in [0.15, 0.2) is 0 Å². The van der Waals surface area contributed by atoms with Gasteiger partial charge in [0.1, 0.15) is 6.54 Å². The van der Waals surface area contributed by atoms with E-state index in [2.05, 4.69) is 24.3 Å². The Bertz CT molecular complexity index is 1200. The molecule has 1 aromatic heterocycles. The van der Waals surface area contributed by atoms with E-state index in [1.165, 1.54) is 14.7 Å². The average molecular weight is 434 g/mol. The zero-order valence-electron chi connectivity index (χ0n) is 18.9. The molecule has 0 saturated carbocycles. The number of amides is 1. The topological polar surface area (TPSA) is 64.3 Å². The largest absolute Gasteiger partial charge is 0.341 e. The molecule has 2 aromatic carbocycles. The molecule has 0 aliphatic carbocycles. The first-order chi connectivity index (χ1) is 15.5. The fraction of sp³-hybridized carbons (Fsp3) is 0.423. The van der Waals surface area contributed by atoms with Crippen molar-refractivity contribution in [1.29, 1.82) is 0 Å². The second-order valence-corrected chi connectivity index (χ2v) is 8.83. The standard InChI is InChI=1S/C26H31N3O3/c1-3-19(2)29-25(31)22-11-7-8-12-23(22)28(26(29)32)18-24(30)27-15-13-21(14-16-27)17-20-9-5-4-6-10-20/h4-12,19,21H,3,13-18H2,1-2H3. The molecular weight excluding hydrogens is 402 g/mol. The van der Waals surface area contributed by atoms with Crippen LogP contribution in [0.15, 0.2) is 64.2 Å². The maximum Gasteiger partial charge on any atom is 0.332 e. The highest BCUT2D eigenvalue weighted by Crippen LogP contribution is 2.22. The number of likely N-dealkylation sites (tertiary alicyclic amines) is 1. The summed E-state index contributed by atoms with van der Waals surface area (Å²) in [5.41, 5.74) is 1.16. The number of hydrogen-bond acceptors (Lipinski definition) is 3. The van der Waals surface area contributed by atoms with E-state index >= 15 is 0 Å². The van der Waals surface area contributed by atoms with Gasteiger partial charge >= 0.3 is 5.69 Å². The van der Waals surface area contributed by atoms with Crippen LogP contribution in [0.1, 0.15) is 44.7 Å². The van der Waals surface area contributed by atoms with Crippen molar-refractivity contribution in [3.05, 3.63) is 81.0 Å². The van der Waals surface area contributed by atoms with Gasteiger partial charge in [-0.2, -0.15) is 0 Å². The van der Waals surface area contributed by atoms with E-state index < -0.39 is 5.69 Å². The van der Waals surface area contributed by atoms with Gasteiger partial charge in [0, 0.05) is 19.1 Å². The van der Waals surface area contributed by atoms with Gasteiger partial charge in [-0.25, -0.2) is 4.79 Å². The van der Waals surface area contributed by atoms with E-state index in [1.54, 1.807) is 24.3 Å². The number of para-hydroxylation sites is 1. The minimum absolute atomic E-state index is 0.0422. The van der Waals surface area contributed by atoms with Gasteiger partial charge in [0.05, 0.1) is 10.9 Å². The number of nitrogens with zero attached hydrogens (tertiary/aromatic N) is 3. The monoisotopic (exact) mass is 433 g/mol. The highest BCUT2D eigenvalue weighted by atomic mass is 16.2. The van der Waals surface area contributed by atoms with Gasteiger partial charge in [0.25, 0.3) is 5.56 Å². The molecule has 168 valence electrons. The van der Waals surface area contributed by atoms with Gasteiger partial charge in [-0.3, -0.25) is 18.7 Å². The second-order valence-electron chi connectivity index (χ2n) is 8.83. The fourth-order valence-corrected chi connectivity index (χ4v) is 4.63. The molecule has 3 aromatic rings. The van der Waals surface area contributed by atoms with Gasteiger partial charge < -0.3 is 4.90 Å². The first kappa shape index (κ1) is 22.1. The number of benzene rings is 2. The molecule has 2 heterocycles. The third kappa shape index (κ3) is 4.40. The maximum absolute atomic E-state index is 13.2. The molecule has 0 N–H and O–H groups in total. The van der Waals surface area contributed by atoms with Gasteiger partial charge in [-0.1, -0.05) is 49.4 Å². The third-order valence-electron chi connectivity index (χ3n) is 6.74. The van der Waals surface area contributed by atoms with Crippen molar-refractivity contribution in [3.63, 3.8) is 0 Å². The molecule has 1 saturated heterocycles. The van der Waals surface area contributed by atoms with E-state index in [-0.39, 0.29) is 24.1 Å². The SMILES string of the molecule is CCC(C)n1c(=O)c2ccccc2n(CC(=O)N2CCC(Cc3ccccc3)CC2)c1=O. The van der Waals surface area contributed by atoms with Crippen molar-refractivity contribution in [2.45, 2.75) is 52.1 Å². The van der Waals surface area contributed by atoms with Crippen LogP contribution >= 0.6 is 0 Å². The molecule has 1 amide bonds. The molecule has 1 fully saturated rings. The van der Waals surface area contributed by atoms with Crippen molar-refractivity contribution >= 4 is 16.8 Å². The smallest absolute Gasteiger partial charge is 0.332 e. The summed E-state index contributed by atoms with van der Waals surface area (Å²) >= 11 is 0. The Morgan fingerprint density at radius 2 is 1.66 bits per heavy atom. The first-order valence-corrected chi connectivity index (χ1v) is 11.5. The molecule has 0 bridgehead atoms. The number of aromatic nitrogens is 2. The summed E-state index contributed by atoms with van der Waals surface area (Å²) in [5, 5.41) is 0.474. The number of hydrogen-bond donors (Lipinski definition) is 0. The van der Waals surface area contributed by atoms with E-state index in [4.69, 9.17) is 0 Å². The predicted molar refractivity (Wildman–Crippen MR) is 127 cm³/mol. The molecule has 1 unspecified atom stereocenters.